The van der Waals surface area contributed by atoms with Gasteiger partial charge in [-0.25, -0.2) is 0 Å². The average Bonchev–Trinajstić information content (AvgIpc) is 3.08. The summed E-state index contributed by atoms with van der Waals surface area (Å²) in [5, 5.41) is 1.91. The topological polar surface area (TPSA) is 55.4 Å². The van der Waals surface area contributed by atoms with Gasteiger partial charge < -0.3 is 4.74 Å². The lowest BCUT2D eigenvalue weighted by atomic mass is 10.2. The lowest BCUT2D eigenvalue weighted by Crippen LogP contribution is -2.17. The molecule has 1 N–H and O–H groups in total. The number of nitrogens with one attached hydrogen (secondary N) is 1. The molecule has 0 spiro atoms. The quantitative estimate of drug-likeness (QED) is 0.862. The summed E-state index contributed by atoms with van der Waals surface area (Å²) < 4.78 is 5.70. The van der Waals surface area contributed by atoms with E-state index in [4.69, 9.17) is 4.74 Å². The van der Waals surface area contributed by atoms with E-state index in [0.29, 0.717) is 11.5 Å². The van der Waals surface area contributed by atoms with E-state index in [2.05, 4.69) is 11.4 Å². The summed E-state index contributed by atoms with van der Waals surface area (Å²) >= 11 is 2.75. The van der Waals surface area contributed by atoms with Crippen LogP contribution >= 0.6 is 23.5 Å². The zero-order chi connectivity index (χ0) is 14.7. The number of carbonyl (C=O) groups is 2. The van der Waals surface area contributed by atoms with Crippen molar-refractivity contribution in [1.29, 1.82) is 0 Å². The predicted octanol–water partition coefficient (Wildman–Crippen LogP) is 3.41. The molecular formula is C15H13NO3S2. The van der Waals surface area contributed by atoms with E-state index in [-0.39, 0.29) is 11.1 Å². The van der Waals surface area contributed by atoms with Crippen LogP contribution in [-0.2, 0) is 4.79 Å². The Labute approximate surface area is 131 Å². The molecule has 2 aliphatic heterocycles. The lowest BCUT2D eigenvalue weighted by molar-refractivity contribution is -0.115. The summed E-state index contributed by atoms with van der Waals surface area (Å²) in [5.41, 5.74) is 0.865. The first-order valence-corrected chi connectivity index (χ1v) is 8.30. The molecule has 1 saturated heterocycles. The summed E-state index contributed by atoms with van der Waals surface area (Å²) in [4.78, 5) is 24.2. The van der Waals surface area contributed by atoms with Crippen LogP contribution < -0.4 is 10.1 Å². The van der Waals surface area contributed by atoms with Gasteiger partial charge in [0.15, 0.2) is 0 Å². The van der Waals surface area contributed by atoms with E-state index in [0.717, 1.165) is 35.2 Å². The summed E-state index contributed by atoms with van der Waals surface area (Å²) in [6.45, 7) is 0.609. The monoisotopic (exact) mass is 319 g/mol. The van der Waals surface area contributed by atoms with E-state index in [1.165, 1.54) is 4.91 Å². The fraction of sp³-hybridized carbons (Fsp3) is 0.200. The molecule has 2 aliphatic rings. The SMILES string of the molecule is O=C1NC(=O)/C(=C/c2ccc(OCC3=CCCS3)cc2)S1. The minimum absolute atomic E-state index is 0.325. The van der Waals surface area contributed by atoms with Gasteiger partial charge in [0.05, 0.1) is 4.91 Å². The molecule has 1 fully saturated rings. The molecule has 0 radical (unpaired) electrons. The van der Waals surface area contributed by atoms with Crippen LogP contribution in [0.4, 0.5) is 4.79 Å². The van der Waals surface area contributed by atoms with Gasteiger partial charge in [-0.2, -0.15) is 0 Å². The van der Waals surface area contributed by atoms with Crippen LogP contribution in [0.2, 0.25) is 0 Å². The van der Waals surface area contributed by atoms with E-state index < -0.39 is 0 Å². The third-order valence-electron chi connectivity index (χ3n) is 2.98. The Morgan fingerprint density at radius 1 is 1.24 bits per heavy atom. The van der Waals surface area contributed by atoms with Crippen LogP contribution in [0.15, 0.2) is 40.2 Å². The predicted molar refractivity (Wildman–Crippen MR) is 86.2 cm³/mol. The molecule has 0 saturated carbocycles. The van der Waals surface area contributed by atoms with Gasteiger partial charge >= 0.3 is 0 Å². The van der Waals surface area contributed by atoms with E-state index >= 15 is 0 Å². The van der Waals surface area contributed by atoms with Crippen molar-refractivity contribution in [2.45, 2.75) is 6.42 Å². The minimum Gasteiger partial charge on any atom is -0.488 e. The first-order valence-electron chi connectivity index (χ1n) is 6.50. The highest BCUT2D eigenvalue weighted by Crippen LogP contribution is 2.27. The molecule has 0 unspecified atom stereocenters. The number of amides is 2. The Balaban J connectivity index is 1.62. The normalized spacial score (nSPS) is 19.8. The second-order valence-electron chi connectivity index (χ2n) is 4.52. The van der Waals surface area contributed by atoms with Crippen molar-refractivity contribution in [3.05, 3.63) is 45.7 Å². The summed E-state index contributed by atoms with van der Waals surface area (Å²) in [5.74, 6) is 1.60. The zero-order valence-electron chi connectivity index (χ0n) is 11.1. The number of rotatable bonds is 4. The first-order chi connectivity index (χ1) is 10.2. The fourth-order valence-electron chi connectivity index (χ4n) is 1.96. The number of carbonyl (C=O) groups excluding carboxylic acids is 2. The molecule has 4 nitrogen and oxygen atoms in total. The van der Waals surface area contributed by atoms with Crippen LogP contribution in [-0.4, -0.2) is 23.5 Å². The Morgan fingerprint density at radius 3 is 2.67 bits per heavy atom. The van der Waals surface area contributed by atoms with Gasteiger partial charge in [-0.15, -0.1) is 11.8 Å². The third kappa shape index (κ3) is 3.71. The Hall–Kier alpha value is -1.66. The number of thioether (sulfide) groups is 2. The molecular weight excluding hydrogens is 306 g/mol. The molecule has 108 valence electrons. The number of hydrogen-bond acceptors (Lipinski definition) is 5. The molecule has 1 aromatic carbocycles. The van der Waals surface area contributed by atoms with Crippen molar-refractivity contribution < 1.29 is 14.3 Å². The van der Waals surface area contributed by atoms with Gasteiger partial charge in [0.25, 0.3) is 11.1 Å². The molecule has 21 heavy (non-hydrogen) atoms. The number of hydrogen-bond donors (Lipinski definition) is 1. The highest BCUT2D eigenvalue weighted by Gasteiger charge is 2.24. The van der Waals surface area contributed by atoms with Gasteiger partial charge in [0.1, 0.15) is 12.4 Å². The average molecular weight is 319 g/mol. The maximum Gasteiger partial charge on any atom is 0.290 e. The maximum atomic E-state index is 11.5. The summed E-state index contributed by atoms with van der Waals surface area (Å²) in [7, 11) is 0. The highest BCUT2D eigenvalue weighted by molar-refractivity contribution is 8.18. The number of imide groups is 1. The van der Waals surface area contributed by atoms with Crippen LogP contribution in [0.1, 0.15) is 12.0 Å². The zero-order valence-corrected chi connectivity index (χ0v) is 12.8. The molecule has 2 heterocycles. The van der Waals surface area contributed by atoms with Gasteiger partial charge in [-0.3, -0.25) is 14.9 Å². The molecule has 1 aromatic rings. The van der Waals surface area contributed by atoms with Crippen molar-refractivity contribution in [2.24, 2.45) is 0 Å². The molecule has 2 amide bonds. The smallest absolute Gasteiger partial charge is 0.290 e. The highest BCUT2D eigenvalue weighted by atomic mass is 32.2. The van der Waals surface area contributed by atoms with Gasteiger partial charge in [-0.05, 0) is 42.0 Å². The standard InChI is InChI=1S/C15H13NO3S2/c17-14-13(21-15(18)16-14)8-10-3-5-11(6-4-10)19-9-12-2-1-7-20-12/h2-6,8H,1,7,9H2,(H,16,17,18)/b13-8-. The Bertz CT molecular complexity index is 635. The van der Waals surface area contributed by atoms with E-state index in [1.807, 2.05) is 36.0 Å². The van der Waals surface area contributed by atoms with Gasteiger partial charge in [0.2, 0.25) is 0 Å². The number of ether oxygens (including phenoxy) is 1. The van der Waals surface area contributed by atoms with Crippen LogP contribution in [0, 0.1) is 0 Å². The number of benzene rings is 1. The van der Waals surface area contributed by atoms with E-state index in [9.17, 15) is 9.59 Å². The molecule has 3 rings (SSSR count). The van der Waals surface area contributed by atoms with Crippen molar-refractivity contribution in [3.63, 3.8) is 0 Å². The molecule has 0 atom stereocenters. The largest absolute Gasteiger partial charge is 0.488 e. The third-order valence-corrected chi connectivity index (χ3v) is 4.88. The van der Waals surface area contributed by atoms with Crippen LogP contribution in [0.25, 0.3) is 6.08 Å². The van der Waals surface area contributed by atoms with Gasteiger partial charge in [-0.1, -0.05) is 18.2 Å². The lowest BCUT2D eigenvalue weighted by Gasteiger charge is -2.06. The second-order valence-corrected chi connectivity index (χ2v) is 6.75. The Morgan fingerprint density at radius 2 is 2.05 bits per heavy atom. The van der Waals surface area contributed by atoms with Crippen molar-refractivity contribution in [3.8, 4) is 5.75 Å². The van der Waals surface area contributed by atoms with Crippen molar-refractivity contribution in [2.75, 3.05) is 12.4 Å². The summed E-state index contributed by atoms with van der Waals surface area (Å²) in [6.07, 6.45) is 5.02. The molecule has 0 aromatic heterocycles. The van der Waals surface area contributed by atoms with Crippen LogP contribution in [0.3, 0.4) is 0 Å². The Kier molecular flexibility index (Phi) is 4.36. The minimum atomic E-state index is -0.337. The molecule has 0 aliphatic carbocycles. The second kappa shape index (κ2) is 6.41. The van der Waals surface area contributed by atoms with E-state index in [1.54, 1.807) is 6.08 Å². The summed E-state index contributed by atoms with van der Waals surface area (Å²) in [6, 6.07) is 7.47. The fourth-order valence-corrected chi connectivity index (χ4v) is 3.51. The van der Waals surface area contributed by atoms with Crippen molar-refractivity contribution in [1.82, 2.24) is 5.32 Å². The molecule has 6 heteroatoms. The van der Waals surface area contributed by atoms with Crippen LogP contribution in [0.5, 0.6) is 5.75 Å². The number of allylic oxidation sites excluding steroid dienone is 1. The van der Waals surface area contributed by atoms with Gasteiger partial charge in [0, 0.05) is 10.7 Å². The first kappa shape index (κ1) is 14.3. The van der Waals surface area contributed by atoms with Crippen molar-refractivity contribution >= 4 is 40.7 Å². The maximum absolute atomic E-state index is 11.5. The molecule has 0 bridgehead atoms.